The van der Waals surface area contributed by atoms with Crippen molar-refractivity contribution in [1.82, 2.24) is 5.16 Å². The summed E-state index contributed by atoms with van der Waals surface area (Å²) in [5.41, 5.74) is 2.51. The number of nitrogens with zero attached hydrogens (tertiary/aromatic N) is 1. The summed E-state index contributed by atoms with van der Waals surface area (Å²) in [6.45, 7) is 3.40. The molecule has 1 aromatic heterocycles. The third kappa shape index (κ3) is 5.31. The highest BCUT2D eigenvalue weighted by atomic mass is 35.5. The summed E-state index contributed by atoms with van der Waals surface area (Å²) in [5, 5.41) is 7.06. The quantitative estimate of drug-likeness (QED) is 0.548. The lowest BCUT2D eigenvalue weighted by atomic mass is 10.1. The average molecular weight is 450 g/mol. The van der Waals surface area contributed by atoms with E-state index in [4.69, 9.17) is 20.9 Å². The largest absolute Gasteiger partial charge is 0.441 e. The maximum absolute atomic E-state index is 12.4. The predicted octanol–water partition coefficient (Wildman–Crippen LogP) is 4.98. The van der Waals surface area contributed by atoms with Crippen molar-refractivity contribution >= 4 is 39.1 Å². The Morgan fingerprint density at radius 1 is 1.17 bits per heavy atom. The minimum atomic E-state index is -3.38. The van der Waals surface area contributed by atoms with E-state index >= 15 is 0 Å². The van der Waals surface area contributed by atoms with Crippen LogP contribution < -0.4 is 10.0 Å². The Hall–Kier alpha value is -3.04. The molecule has 0 saturated heterocycles. The van der Waals surface area contributed by atoms with E-state index < -0.39 is 22.2 Å². The molecule has 0 fully saturated rings. The normalized spacial score (nSPS) is 12.3. The minimum absolute atomic E-state index is 0.320. The molecule has 0 saturated carbocycles. The van der Waals surface area contributed by atoms with Crippen LogP contribution in [0.1, 0.15) is 24.3 Å². The molecule has 0 aliphatic rings. The van der Waals surface area contributed by atoms with Crippen LogP contribution in [0.3, 0.4) is 0 Å². The maximum atomic E-state index is 12.4. The van der Waals surface area contributed by atoms with Crippen molar-refractivity contribution in [3.8, 4) is 11.3 Å². The molecule has 8 nitrogen and oxygen atoms in total. The van der Waals surface area contributed by atoms with Gasteiger partial charge in [0.1, 0.15) is 17.5 Å². The smallest absolute Gasteiger partial charge is 0.412 e. The molecule has 2 aromatic carbocycles. The zero-order valence-corrected chi connectivity index (χ0v) is 18.0. The molecule has 0 aliphatic carbocycles. The number of carbonyl (C=O) groups is 1. The second-order valence-electron chi connectivity index (χ2n) is 6.62. The van der Waals surface area contributed by atoms with Crippen LogP contribution in [0.25, 0.3) is 11.3 Å². The van der Waals surface area contributed by atoms with Crippen LogP contribution in [0.2, 0.25) is 5.02 Å². The van der Waals surface area contributed by atoms with Gasteiger partial charge in [-0.15, -0.1) is 0 Å². The zero-order chi connectivity index (χ0) is 21.9. The minimum Gasteiger partial charge on any atom is -0.441 e. The van der Waals surface area contributed by atoms with Crippen LogP contribution >= 0.6 is 11.6 Å². The highest BCUT2D eigenvalue weighted by molar-refractivity contribution is 7.92. The SMILES string of the molecule is Cc1noc(-c2ccc(NS(C)(=O)=O)cc2)c1NC(=O)O[C@H](C)c1ccccc1Cl. The summed E-state index contributed by atoms with van der Waals surface area (Å²) in [7, 11) is -3.38. The lowest BCUT2D eigenvalue weighted by Crippen LogP contribution is -2.17. The average Bonchev–Trinajstić information content (AvgIpc) is 3.02. The molecule has 10 heteroatoms. The van der Waals surface area contributed by atoms with E-state index in [1.165, 1.54) is 0 Å². The molecule has 0 radical (unpaired) electrons. The highest BCUT2D eigenvalue weighted by Crippen LogP contribution is 2.32. The number of rotatable bonds is 6. The fourth-order valence-corrected chi connectivity index (χ4v) is 3.63. The van der Waals surface area contributed by atoms with E-state index in [9.17, 15) is 13.2 Å². The van der Waals surface area contributed by atoms with Gasteiger partial charge < -0.3 is 9.26 Å². The molecule has 158 valence electrons. The Labute approximate surface area is 179 Å². The number of halogens is 1. The number of amides is 1. The van der Waals surface area contributed by atoms with Gasteiger partial charge in [-0.2, -0.15) is 0 Å². The number of ether oxygens (including phenoxy) is 1. The number of anilines is 2. The number of hydrogen-bond acceptors (Lipinski definition) is 6. The zero-order valence-electron chi connectivity index (χ0n) is 16.5. The first-order valence-corrected chi connectivity index (χ1v) is 11.2. The second kappa shape index (κ2) is 8.76. The molecule has 3 rings (SSSR count). The summed E-state index contributed by atoms with van der Waals surface area (Å²) < 4.78 is 35.8. The van der Waals surface area contributed by atoms with Crippen LogP contribution in [-0.2, 0) is 14.8 Å². The second-order valence-corrected chi connectivity index (χ2v) is 8.77. The summed E-state index contributed by atoms with van der Waals surface area (Å²) in [6, 6.07) is 13.6. The number of carbonyl (C=O) groups excluding carboxylic acids is 1. The Balaban J connectivity index is 1.76. The molecule has 1 atom stereocenters. The first kappa shape index (κ1) is 21.7. The highest BCUT2D eigenvalue weighted by Gasteiger charge is 2.20. The van der Waals surface area contributed by atoms with Crippen LogP contribution in [0.4, 0.5) is 16.2 Å². The third-order valence-electron chi connectivity index (χ3n) is 4.17. The van der Waals surface area contributed by atoms with E-state index in [2.05, 4.69) is 15.2 Å². The van der Waals surface area contributed by atoms with Gasteiger partial charge in [0.15, 0.2) is 5.76 Å². The molecule has 0 aliphatic heterocycles. The fraction of sp³-hybridized carbons (Fsp3) is 0.200. The molecule has 3 aromatic rings. The number of nitrogens with one attached hydrogen (secondary N) is 2. The van der Waals surface area contributed by atoms with Crippen LogP contribution in [0.15, 0.2) is 53.1 Å². The monoisotopic (exact) mass is 449 g/mol. The van der Waals surface area contributed by atoms with Crippen LogP contribution in [0, 0.1) is 6.92 Å². The van der Waals surface area contributed by atoms with Gasteiger partial charge >= 0.3 is 6.09 Å². The van der Waals surface area contributed by atoms with Crippen molar-refractivity contribution in [2.75, 3.05) is 16.3 Å². The number of aryl methyl sites for hydroxylation is 1. The van der Waals surface area contributed by atoms with E-state index in [1.54, 1.807) is 56.3 Å². The lowest BCUT2D eigenvalue weighted by molar-refractivity contribution is 0.121. The topological polar surface area (TPSA) is 111 Å². The Bertz CT molecular complexity index is 1160. The van der Waals surface area contributed by atoms with Gasteiger partial charge in [0.2, 0.25) is 10.0 Å². The standard InChI is InChI=1S/C20H20ClN3O5S/c1-12-18(22-20(25)28-13(2)16-6-4-5-7-17(16)21)19(29-23-12)14-8-10-15(11-9-14)24-30(3,26)27/h4-11,13,24H,1-3H3,(H,22,25)/t13-/m1/s1. The summed E-state index contributed by atoms with van der Waals surface area (Å²) >= 11 is 6.15. The number of aromatic nitrogens is 1. The van der Waals surface area contributed by atoms with Gasteiger partial charge in [-0.1, -0.05) is 35.0 Å². The fourth-order valence-electron chi connectivity index (χ4n) is 2.78. The Morgan fingerprint density at radius 3 is 2.47 bits per heavy atom. The molecule has 1 amide bonds. The van der Waals surface area contributed by atoms with Crippen LogP contribution in [-0.4, -0.2) is 25.9 Å². The number of benzene rings is 2. The third-order valence-corrected chi connectivity index (χ3v) is 5.12. The van der Waals surface area contributed by atoms with Gasteiger partial charge in [-0.3, -0.25) is 10.0 Å². The molecule has 2 N–H and O–H groups in total. The van der Waals surface area contributed by atoms with Crippen molar-refractivity contribution < 1.29 is 22.5 Å². The van der Waals surface area contributed by atoms with Crippen molar-refractivity contribution in [3.63, 3.8) is 0 Å². The molecule has 30 heavy (non-hydrogen) atoms. The molecule has 1 heterocycles. The van der Waals surface area contributed by atoms with Gasteiger partial charge in [0.05, 0.1) is 6.26 Å². The number of hydrogen-bond donors (Lipinski definition) is 2. The summed E-state index contributed by atoms with van der Waals surface area (Å²) in [5.74, 6) is 0.320. The first-order chi connectivity index (χ1) is 14.1. The molecule has 0 unspecified atom stereocenters. The number of sulfonamides is 1. The molecule has 0 spiro atoms. The van der Waals surface area contributed by atoms with Gasteiger partial charge in [-0.25, -0.2) is 13.2 Å². The molecular formula is C20H20ClN3O5S. The lowest BCUT2D eigenvalue weighted by Gasteiger charge is -2.15. The van der Waals surface area contributed by atoms with E-state index in [0.717, 1.165) is 6.26 Å². The Kier molecular flexibility index (Phi) is 6.33. The van der Waals surface area contributed by atoms with Gasteiger partial charge in [0.25, 0.3) is 0 Å². The van der Waals surface area contributed by atoms with Gasteiger partial charge in [-0.05, 0) is 44.2 Å². The predicted molar refractivity (Wildman–Crippen MR) is 115 cm³/mol. The van der Waals surface area contributed by atoms with E-state index in [1.807, 2.05) is 6.07 Å². The van der Waals surface area contributed by atoms with Crippen molar-refractivity contribution in [3.05, 3.63) is 64.8 Å². The summed E-state index contributed by atoms with van der Waals surface area (Å²) in [6.07, 6.45) is -0.188. The van der Waals surface area contributed by atoms with Crippen molar-refractivity contribution in [2.24, 2.45) is 0 Å². The maximum Gasteiger partial charge on any atom is 0.412 e. The van der Waals surface area contributed by atoms with Gasteiger partial charge in [0, 0.05) is 21.8 Å². The molecule has 0 bridgehead atoms. The van der Waals surface area contributed by atoms with E-state index in [0.29, 0.717) is 39.0 Å². The molecular weight excluding hydrogens is 430 g/mol. The van der Waals surface area contributed by atoms with Crippen molar-refractivity contribution in [2.45, 2.75) is 20.0 Å². The summed E-state index contributed by atoms with van der Waals surface area (Å²) in [4.78, 5) is 12.4. The van der Waals surface area contributed by atoms with E-state index in [-0.39, 0.29) is 0 Å². The van der Waals surface area contributed by atoms with Crippen LogP contribution in [0.5, 0.6) is 0 Å². The van der Waals surface area contributed by atoms with Crippen molar-refractivity contribution in [1.29, 1.82) is 0 Å². The Morgan fingerprint density at radius 2 is 1.83 bits per heavy atom. The first-order valence-electron chi connectivity index (χ1n) is 8.90.